The van der Waals surface area contributed by atoms with Gasteiger partial charge in [0.05, 0.1) is 5.75 Å². The van der Waals surface area contributed by atoms with Crippen LogP contribution in [0.5, 0.6) is 0 Å². The van der Waals surface area contributed by atoms with E-state index in [1.54, 1.807) is 0 Å². The van der Waals surface area contributed by atoms with Gasteiger partial charge in [0.1, 0.15) is 0 Å². The molecule has 0 spiro atoms. The maximum atomic E-state index is 13.1. The minimum Gasteiger partial charge on any atom is -0.411 e. The van der Waals surface area contributed by atoms with Crippen LogP contribution in [0.3, 0.4) is 0 Å². The summed E-state index contributed by atoms with van der Waals surface area (Å²) < 4.78 is 31.5. The number of anilines is 1. The Bertz CT molecular complexity index is 897. The number of aromatic nitrogens is 2. The van der Waals surface area contributed by atoms with E-state index < -0.39 is 17.5 Å². The number of carbonyl (C=O) groups is 1. The number of benzene rings is 2. The lowest BCUT2D eigenvalue weighted by Crippen LogP contribution is -2.14. The van der Waals surface area contributed by atoms with E-state index in [9.17, 15) is 13.6 Å². The number of nitrogens with zero attached hydrogens (tertiary/aromatic N) is 2. The Morgan fingerprint density at radius 2 is 1.88 bits per heavy atom. The van der Waals surface area contributed by atoms with Crippen LogP contribution in [0.2, 0.25) is 0 Å². The first-order valence-electron chi connectivity index (χ1n) is 7.29. The van der Waals surface area contributed by atoms with Gasteiger partial charge in [0.25, 0.3) is 5.22 Å². The molecule has 0 unspecified atom stereocenters. The van der Waals surface area contributed by atoms with Crippen LogP contribution in [0.4, 0.5) is 14.5 Å². The molecule has 0 aliphatic rings. The second kappa shape index (κ2) is 7.43. The number of rotatable bonds is 5. The van der Waals surface area contributed by atoms with E-state index in [4.69, 9.17) is 4.42 Å². The molecule has 0 fully saturated rings. The van der Waals surface area contributed by atoms with Crippen molar-refractivity contribution in [2.75, 3.05) is 11.1 Å². The summed E-state index contributed by atoms with van der Waals surface area (Å²) in [5, 5.41) is 10.5. The SMILES string of the molecule is Cc1ccc(-c2nnc(SCC(=O)Nc3ccc(F)c(F)c3)o2)cc1. The van der Waals surface area contributed by atoms with Gasteiger partial charge in [-0.15, -0.1) is 10.2 Å². The van der Waals surface area contributed by atoms with Crippen LogP contribution in [0.15, 0.2) is 52.1 Å². The number of carbonyl (C=O) groups excluding carboxylic acids is 1. The first-order chi connectivity index (χ1) is 12.0. The topological polar surface area (TPSA) is 68.0 Å². The van der Waals surface area contributed by atoms with Crippen LogP contribution >= 0.6 is 11.8 Å². The highest BCUT2D eigenvalue weighted by Crippen LogP contribution is 2.23. The zero-order valence-electron chi connectivity index (χ0n) is 13.1. The van der Waals surface area contributed by atoms with E-state index >= 15 is 0 Å². The summed E-state index contributed by atoms with van der Waals surface area (Å²) >= 11 is 1.05. The highest BCUT2D eigenvalue weighted by Gasteiger charge is 2.12. The molecule has 2 aromatic carbocycles. The van der Waals surface area contributed by atoms with Gasteiger partial charge in [0.2, 0.25) is 11.8 Å². The van der Waals surface area contributed by atoms with Crippen molar-refractivity contribution in [3.05, 3.63) is 59.7 Å². The van der Waals surface area contributed by atoms with Gasteiger partial charge in [0.15, 0.2) is 11.6 Å². The normalized spacial score (nSPS) is 10.7. The molecular weight excluding hydrogens is 348 g/mol. The summed E-state index contributed by atoms with van der Waals surface area (Å²) in [6.45, 7) is 1.98. The van der Waals surface area contributed by atoms with Gasteiger partial charge in [0, 0.05) is 17.3 Å². The monoisotopic (exact) mass is 361 g/mol. The molecule has 8 heteroatoms. The Morgan fingerprint density at radius 3 is 2.60 bits per heavy atom. The zero-order chi connectivity index (χ0) is 17.8. The average Bonchev–Trinajstić information content (AvgIpc) is 3.06. The van der Waals surface area contributed by atoms with Crippen LogP contribution < -0.4 is 5.32 Å². The van der Waals surface area contributed by atoms with Crippen molar-refractivity contribution in [2.24, 2.45) is 0 Å². The molecule has 0 bridgehead atoms. The van der Waals surface area contributed by atoms with Crippen LogP contribution in [-0.4, -0.2) is 21.9 Å². The molecule has 5 nitrogen and oxygen atoms in total. The van der Waals surface area contributed by atoms with Crippen molar-refractivity contribution in [3.8, 4) is 11.5 Å². The van der Waals surface area contributed by atoms with Gasteiger partial charge in [-0.25, -0.2) is 8.78 Å². The fourth-order valence-electron chi connectivity index (χ4n) is 1.98. The quantitative estimate of drug-likeness (QED) is 0.694. The van der Waals surface area contributed by atoms with Gasteiger partial charge in [-0.2, -0.15) is 0 Å². The third-order valence-corrected chi connectivity index (χ3v) is 4.05. The molecule has 25 heavy (non-hydrogen) atoms. The number of amides is 1. The predicted molar refractivity (Wildman–Crippen MR) is 90.2 cm³/mol. The second-order valence-electron chi connectivity index (χ2n) is 5.20. The Balaban J connectivity index is 1.57. The number of thioether (sulfide) groups is 1. The lowest BCUT2D eigenvalue weighted by molar-refractivity contribution is -0.113. The van der Waals surface area contributed by atoms with Crippen LogP contribution in [0.25, 0.3) is 11.5 Å². The van der Waals surface area contributed by atoms with E-state index in [0.717, 1.165) is 35.0 Å². The lowest BCUT2D eigenvalue weighted by atomic mass is 10.1. The summed E-state index contributed by atoms with van der Waals surface area (Å²) in [5.74, 6) is -2.03. The molecule has 1 heterocycles. The molecule has 0 atom stereocenters. The van der Waals surface area contributed by atoms with Crippen LogP contribution in [-0.2, 0) is 4.79 Å². The molecule has 1 N–H and O–H groups in total. The number of hydrogen-bond acceptors (Lipinski definition) is 5. The summed E-state index contributed by atoms with van der Waals surface area (Å²) in [5.41, 5.74) is 2.08. The maximum Gasteiger partial charge on any atom is 0.277 e. The van der Waals surface area contributed by atoms with Gasteiger partial charge in [-0.3, -0.25) is 4.79 Å². The van der Waals surface area contributed by atoms with E-state index in [1.165, 1.54) is 6.07 Å². The zero-order valence-corrected chi connectivity index (χ0v) is 13.9. The molecule has 0 aliphatic heterocycles. The first-order valence-corrected chi connectivity index (χ1v) is 8.28. The summed E-state index contributed by atoms with van der Waals surface area (Å²) in [6, 6.07) is 10.7. The number of nitrogens with one attached hydrogen (secondary N) is 1. The van der Waals surface area contributed by atoms with Crippen molar-refractivity contribution >= 4 is 23.4 Å². The Labute approximate surface area is 146 Å². The molecule has 1 amide bonds. The molecule has 3 aromatic rings. The van der Waals surface area contributed by atoms with E-state index in [-0.39, 0.29) is 16.7 Å². The minimum absolute atomic E-state index is 0.00543. The van der Waals surface area contributed by atoms with E-state index in [2.05, 4.69) is 15.5 Å². The van der Waals surface area contributed by atoms with Crippen molar-refractivity contribution in [3.63, 3.8) is 0 Å². The van der Waals surface area contributed by atoms with Gasteiger partial charge in [-0.1, -0.05) is 29.5 Å². The molecule has 1 aromatic heterocycles. The smallest absolute Gasteiger partial charge is 0.277 e. The average molecular weight is 361 g/mol. The summed E-state index contributed by atoms with van der Waals surface area (Å²) in [7, 11) is 0. The fraction of sp³-hybridized carbons (Fsp3) is 0.118. The maximum absolute atomic E-state index is 13.1. The third-order valence-electron chi connectivity index (χ3n) is 3.24. The summed E-state index contributed by atoms with van der Waals surface area (Å²) in [6.07, 6.45) is 0. The molecule has 0 aliphatic carbocycles. The van der Waals surface area contributed by atoms with Gasteiger partial charge in [-0.05, 0) is 31.2 Å². The Hall–Kier alpha value is -2.74. The minimum atomic E-state index is -1.02. The number of aryl methyl sites for hydroxylation is 1. The molecule has 0 radical (unpaired) electrons. The van der Waals surface area contributed by atoms with E-state index in [1.807, 2.05) is 31.2 Å². The largest absolute Gasteiger partial charge is 0.411 e. The van der Waals surface area contributed by atoms with E-state index in [0.29, 0.717) is 5.89 Å². The molecule has 3 rings (SSSR count). The lowest BCUT2D eigenvalue weighted by Gasteiger charge is -2.04. The first kappa shape index (κ1) is 17.1. The standard InChI is InChI=1S/C17H13F2N3O2S/c1-10-2-4-11(5-3-10)16-21-22-17(24-16)25-9-15(23)20-12-6-7-13(18)14(19)8-12/h2-8H,9H2,1H3,(H,20,23). The summed E-state index contributed by atoms with van der Waals surface area (Å²) in [4.78, 5) is 11.9. The van der Waals surface area contributed by atoms with Crippen molar-refractivity contribution in [1.29, 1.82) is 0 Å². The van der Waals surface area contributed by atoms with Crippen molar-refractivity contribution < 1.29 is 18.0 Å². The third kappa shape index (κ3) is 4.42. The highest BCUT2D eigenvalue weighted by molar-refractivity contribution is 7.99. The van der Waals surface area contributed by atoms with Crippen molar-refractivity contribution in [2.45, 2.75) is 12.1 Å². The number of hydrogen-bond donors (Lipinski definition) is 1. The van der Waals surface area contributed by atoms with Crippen LogP contribution in [0.1, 0.15) is 5.56 Å². The molecule has 0 saturated carbocycles. The van der Waals surface area contributed by atoms with Gasteiger partial charge >= 0.3 is 0 Å². The predicted octanol–water partition coefficient (Wildman–Crippen LogP) is 4.05. The fourth-order valence-corrected chi connectivity index (χ4v) is 2.54. The Kier molecular flexibility index (Phi) is 5.08. The highest BCUT2D eigenvalue weighted by atomic mass is 32.2. The molecule has 0 saturated heterocycles. The molecular formula is C17H13F2N3O2S. The molecule has 128 valence electrons. The van der Waals surface area contributed by atoms with Crippen LogP contribution in [0, 0.1) is 18.6 Å². The number of halogens is 2. The van der Waals surface area contributed by atoms with Gasteiger partial charge < -0.3 is 9.73 Å². The second-order valence-corrected chi connectivity index (χ2v) is 6.13. The van der Waals surface area contributed by atoms with Crippen molar-refractivity contribution in [1.82, 2.24) is 10.2 Å². The Morgan fingerprint density at radius 1 is 1.12 bits per heavy atom.